The van der Waals surface area contributed by atoms with E-state index in [4.69, 9.17) is 0 Å². The summed E-state index contributed by atoms with van der Waals surface area (Å²) < 4.78 is 3.60. The first kappa shape index (κ1) is 18.1. The molecule has 1 nitrogen and oxygen atoms in total. The van der Waals surface area contributed by atoms with Crippen LogP contribution >= 0.6 is 15.9 Å². The Morgan fingerprint density at radius 3 is 2.27 bits per heavy atom. The lowest BCUT2D eigenvalue weighted by molar-refractivity contribution is 0.661. The molecule has 0 saturated carbocycles. The Morgan fingerprint density at radius 2 is 1.39 bits per heavy atom. The number of hydrogen-bond donors (Lipinski definition) is 0. The molecule has 0 bridgehead atoms. The number of halogens is 1. The zero-order valence-corrected chi connectivity index (χ0v) is 20.0. The third-order valence-corrected chi connectivity index (χ3v) is 8.45. The van der Waals surface area contributed by atoms with Gasteiger partial charge in [0, 0.05) is 31.4 Å². The highest BCUT2D eigenvalue weighted by atomic mass is 79.9. The van der Waals surface area contributed by atoms with Crippen LogP contribution in [0.15, 0.2) is 89.4 Å². The summed E-state index contributed by atoms with van der Waals surface area (Å²) in [5.74, 6) is 0. The van der Waals surface area contributed by atoms with Crippen molar-refractivity contribution in [3.8, 4) is 11.1 Å². The molecule has 2 aromatic heterocycles. The number of benzene rings is 5. The standard InChI is InChI=1S/C31H20BrN/c1-31(2)25-13-11-18(32)15-24(25)29-22-16-23-21-8-5-7-20-19-6-3-4-9-27(19)33(30(20)21)28(23)14-17(22)10-12-26(29)31/h3-16H,1-2H3. The lowest BCUT2D eigenvalue weighted by atomic mass is 9.82. The molecule has 0 atom stereocenters. The SMILES string of the molecule is CC1(C)c2ccc(Br)cc2-c2c1ccc1cc3c(cc21)c1cccc2c4ccccc4n3c21. The van der Waals surface area contributed by atoms with Crippen LogP contribution in [0.3, 0.4) is 0 Å². The molecule has 0 spiro atoms. The maximum atomic E-state index is 3.72. The third-order valence-electron chi connectivity index (χ3n) is 7.96. The van der Waals surface area contributed by atoms with Crippen molar-refractivity contribution in [1.29, 1.82) is 0 Å². The van der Waals surface area contributed by atoms with E-state index >= 15 is 0 Å². The van der Waals surface area contributed by atoms with E-state index in [9.17, 15) is 0 Å². The van der Waals surface area contributed by atoms with Gasteiger partial charge in [-0.2, -0.15) is 0 Å². The van der Waals surface area contributed by atoms with Crippen molar-refractivity contribution in [3.63, 3.8) is 0 Å². The average molecular weight is 486 g/mol. The van der Waals surface area contributed by atoms with E-state index in [0.717, 1.165) is 4.47 Å². The number of nitrogens with zero attached hydrogens (tertiary/aromatic N) is 1. The maximum absolute atomic E-state index is 3.72. The fourth-order valence-electron chi connectivity index (χ4n) is 6.47. The zero-order valence-electron chi connectivity index (χ0n) is 18.4. The predicted molar refractivity (Wildman–Crippen MR) is 144 cm³/mol. The minimum Gasteiger partial charge on any atom is -0.308 e. The molecular weight excluding hydrogens is 466 g/mol. The predicted octanol–water partition coefficient (Wildman–Crippen LogP) is 9.06. The van der Waals surface area contributed by atoms with Crippen LogP contribution < -0.4 is 0 Å². The molecule has 0 radical (unpaired) electrons. The highest BCUT2D eigenvalue weighted by Crippen LogP contribution is 2.52. The Balaban J connectivity index is 1.60. The Labute approximate surface area is 199 Å². The summed E-state index contributed by atoms with van der Waals surface area (Å²) >= 11 is 3.72. The highest BCUT2D eigenvalue weighted by Gasteiger charge is 2.36. The molecule has 5 aromatic carbocycles. The van der Waals surface area contributed by atoms with E-state index < -0.39 is 0 Å². The van der Waals surface area contributed by atoms with Gasteiger partial charge in [0.25, 0.3) is 0 Å². The normalized spacial score (nSPS) is 14.8. The van der Waals surface area contributed by atoms with Crippen LogP contribution in [0.4, 0.5) is 0 Å². The number of fused-ring (bicyclic) bond motifs is 11. The van der Waals surface area contributed by atoms with Gasteiger partial charge in [-0.05, 0) is 63.4 Å². The summed E-state index contributed by atoms with van der Waals surface area (Å²) in [6.45, 7) is 4.70. The number of para-hydroxylation sites is 2. The Kier molecular flexibility index (Phi) is 3.16. The monoisotopic (exact) mass is 485 g/mol. The Bertz CT molecular complexity index is 1950. The van der Waals surface area contributed by atoms with Gasteiger partial charge in [-0.1, -0.05) is 84.4 Å². The summed E-state index contributed by atoms with van der Waals surface area (Å²) in [4.78, 5) is 0. The summed E-state index contributed by atoms with van der Waals surface area (Å²) in [6.07, 6.45) is 0. The van der Waals surface area contributed by atoms with E-state index in [0.29, 0.717) is 0 Å². The fraction of sp³-hybridized carbons (Fsp3) is 0.0968. The lowest BCUT2D eigenvalue weighted by Crippen LogP contribution is -2.14. The van der Waals surface area contributed by atoms with Gasteiger partial charge in [0.15, 0.2) is 0 Å². The largest absolute Gasteiger partial charge is 0.308 e. The Hall–Kier alpha value is -3.36. The molecule has 0 aliphatic heterocycles. The molecule has 0 unspecified atom stereocenters. The molecule has 1 aliphatic rings. The van der Waals surface area contributed by atoms with E-state index in [-0.39, 0.29) is 5.41 Å². The molecule has 0 saturated heterocycles. The molecule has 0 fully saturated rings. The van der Waals surface area contributed by atoms with Crippen LogP contribution in [0.1, 0.15) is 25.0 Å². The van der Waals surface area contributed by atoms with Gasteiger partial charge < -0.3 is 4.40 Å². The van der Waals surface area contributed by atoms with Crippen LogP contribution in [0.2, 0.25) is 0 Å². The molecule has 156 valence electrons. The van der Waals surface area contributed by atoms with Crippen LogP contribution in [0, 0.1) is 0 Å². The van der Waals surface area contributed by atoms with Gasteiger partial charge >= 0.3 is 0 Å². The smallest absolute Gasteiger partial charge is 0.0620 e. The minimum absolute atomic E-state index is 0.0000596. The maximum Gasteiger partial charge on any atom is 0.0620 e. The van der Waals surface area contributed by atoms with Gasteiger partial charge in [0.05, 0.1) is 16.6 Å². The molecule has 2 heteroatoms. The summed E-state index contributed by atoms with van der Waals surface area (Å²) in [6, 6.07) is 31.8. The first-order chi connectivity index (χ1) is 16.0. The van der Waals surface area contributed by atoms with Crippen LogP contribution in [0.25, 0.3) is 60.0 Å². The van der Waals surface area contributed by atoms with Gasteiger partial charge in [-0.25, -0.2) is 0 Å². The summed E-state index contributed by atoms with van der Waals surface area (Å²) in [7, 11) is 0. The zero-order chi connectivity index (χ0) is 22.1. The van der Waals surface area contributed by atoms with Gasteiger partial charge in [-0.3, -0.25) is 0 Å². The molecule has 0 N–H and O–H groups in total. The van der Waals surface area contributed by atoms with E-state index in [2.05, 4.69) is 119 Å². The van der Waals surface area contributed by atoms with Gasteiger partial charge in [0.1, 0.15) is 0 Å². The first-order valence-electron chi connectivity index (χ1n) is 11.5. The van der Waals surface area contributed by atoms with E-state index in [1.165, 1.54) is 71.1 Å². The molecule has 8 rings (SSSR count). The fourth-order valence-corrected chi connectivity index (χ4v) is 6.83. The molecule has 2 heterocycles. The van der Waals surface area contributed by atoms with Crippen molar-refractivity contribution in [1.82, 2.24) is 4.40 Å². The van der Waals surface area contributed by atoms with Gasteiger partial charge in [0.2, 0.25) is 0 Å². The van der Waals surface area contributed by atoms with Crippen molar-refractivity contribution in [2.45, 2.75) is 19.3 Å². The molecule has 33 heavy (non-hydrogen) atoms. The molecule has 0 amide bonds. The van der Waals surface area contributed by atoms with Crippen LogP contribution in [0.5, 0.6) is 0 Å². The first-order valence-corrected chi connectivity index (χ1v) is 12.3. The topological polar surface area (TPSA) is 4.41 Å². The third kappa shape index (κ3) is 2.05. The van der Waals surface area contributed by atoms with Crippen molar-refractivity contribution in [3.05, 3.63) is 101 Å². The molecular formula is C31H20BrN. The van der Waals surface area contributed by atoms with Crippen molar-refractivity contribution in [2.24, 2.45) is 0 Å². The molecule has 1 aliphatic carbocycles. The van der Waals surface area contributed by atoms with Crippen molar-refractivity contribution in [2.75, 3.05) is 0 Å². The van der Waals surface area contributed by atoms with Crippen molar-refractivity contribution >= 4 is 64.8 Å². The summed E-state index contributed by atoms with van der Waals surface area (Å²) in [5.41, 5.74) is 9.50. The number of rotatable bonds is 0. The molecule has 7 aromatic rings. The van der Waals surface area contributed by atoms with Gasteiger partial charge in [-0.15, -0.1) is 0 Å². The number of aromatic nitrogens is 1. The average Bonchev–Trinajstić information content (AvgIpc) is 3.40. The second-order valence-corrected chi connectivity index (χ2v) is 10.9. The minimum atomic E-state index is 0.0000596. The Morgan fingerprint density at radius 1 is 0.636 bits per heavy atom. The second-order valence-electron chi connectivity index (χ2n) is 9.95. The lowest BCUT2D eigenvalue weighted by Gasteiger charge is -2.21. The summed E-state index contributed by atoms with van der Waals surface area (Å²) in [5, 5.41) is 7.99. The van der Waals surface area contributed by atoms with Crippen molar-refractivity contribution < 1.29 is 0 Å². The van der Waals surface area contributed by atoms with E-state index in [1.54, 1.807) is 0 Å². The van der Waals surface area contributed by atoms with Crippen LogP contribution in [-0.4, -0.2) is 4.40 Å². The second kappa shape index (κ2) is 5.76. The van der Waals surface area contributed by atoms with Crippen LogP contribution in [-0.2, 0) is 5.41 Å². The quantitative estimate of drug-likeness (QED) is 0.201. The number of hydrogen-bond acceptors (Lipinski definition) is 0. The highest BCUT2D eigenvalue weighted by molar-refractivity contribution is 9.10. The van der Waals surface area contributed by atoms with E-state index in [1.807, 2.05) is 0 Å².